The van der Waals surface area contributed by atoms with Gasteiger partial charge in [-0.2, -0.15) is 0 Å². The van der Waals surface area contributed by atoms with Crippen LogP contribution in [0.15, 0.2) is 36.4 Å². The van der Waals surface area contributed by atoms with E-state index in [1.54, 1.807) is 35.2 Å². The smallest absolute Gasteiger partial charge is 0.328 e. The van der Waals surface area contributed by atoms with Gasteiger partial charge in [0.1, 0.15) is 6.04 Å². The molecule has 30 heavy (non-hydrogen) atoms. The van der Waals surface area contributed by atoms with Crippen molar-refractivity contribution in [1.82, 2.24) is 10.6 Å². The maximum atomic E-state index is 12.4. The number of piperidine rings is 1. The summed E-state index contributed by atoms with van der Waals surface area (Å²) in [5.74, 6) is -2.27. The van der Waals surface area contributed by atoms with E-state index >= 15 is 0 Å². The van der Waals surface area contributed by atoms with Crippen LogP contribution in [0.2, 0.25) is 4.34 Å². The molecule has 0 spiro atoms. The Hall–Kier alpha value is -2.91. The molecule has 10 heteroatoms. The highest BCUT2D eigenvalue weighted by Crippen LogP contribution is 2.22. The Labute approximate surface area is 181 Å². The molecule has 3 rings (SSSR count). The molecule has 1 aromatic carbocycles. The lowest BCUT2D eigenvalue weighted by Crippen LogP contribution is -2.48. The predicted molar refractivity (Wildman–Crippen MR) is 113 cm³/mol. The Bertz CT molecular complexity index is 960. The summed E-state index contributed by atoms with van der Waals surface area (Å²) >= 11 is 6.82. The van der Waals surface area contributed by atoms with E-state index in [9.17, 15) is 24.3 Å². The first kappa shape index (κ1) is 21.8. The number of hydrogen-bond donors (Lipinski definition) is 3. The lowest BCUT2D eigenvalue weighted by molar-refractivity contribution is -0.139. The highest BCUT2D eigenvalue weighted by Gasteiger charge is 2.23. The van der Waals surface area contributed by atoms with Crippen molar-refractivity contribution < 1.29 is 24.3 Å². The summed E-state index contributed by atoms with van der Waals surface area (Å²) in [6.45, 7) is 0.366. The van der Waals surface area contributed by atoms with Crippen LogP contribution in [-0.4, -0.2) is 47.9 Å². The summed E-state index contributed by atoms with van der Waals surface area (Å²) in [7, 11) is 0. The summed E-state index contributed by atoms with van der Waals surface area (Å²) in [5.41, 5.74) is 1.05. The van der Waals surface area contributed by atoms with Gasteiger partial charge in [0.05, 0.1) is 9.21 Å². The molecule has 1 aliphatic rings. The predicted octanol–water partition coefficient (Wildman–Crippen LogP) is 2.53. The van der Waals surface area contributed by atoms with E-state index in [2.05, 4.69) is 10.6 Å². The fourth-order valence-corrected chi connectivity index (χ4v) is 3.98. The number of carbonyl (C=O) groups excluding carboxylic acids is 3. The van der Waals surface area contributed by atoms with E-state index in [-0.39, 0.29) is 17.3 Å². The Kier molecular flexibility index (Phi) is 7.07. The Morgan fingerprint density at radius 3 is 2.43 bits per heavy atom. The number of aliphatic carboxylic acids is 1. The van der Waals surface area contributed by atoms with Gasteiger partial charge in [-0.15, -0.1) is 11.3 Å². The van der Waals surface area contributed by atoms with Gasteiger partial charge in [-0.05, 0) is 49.2 Å². The standard InChI is InChI=1S/C20H20ClN3O5S/c21-16-9-8-15(30-16)19(27)23-14(20(28)29)11-22-18(26)12-4-6-13(7-5-12)24-10-2-1-3-17(24)25/h4-9,14H,1-3,10-11H2,(H,22,26)(H,23,27)(H,28,29)/t14-/m0/s1. The first-order chi connectivity index (χ1) is 14.3. The molecule has 3 N–H and O–H groups in total. The van der Waals surface area contributed by atoms with Crippen molar-refractivity contribution in [3.05, 3.63) is 51.2 Å². The average Bonchev–Trinajstić information content (AvgIpc) is 3.17. The zero-order chi connectivity index (χ0) is 21.7. The third kappa shape index (κ3) is 5.37. The quantitative estimate of drug-likeness (QED) is 0.600. The van der Waals surface area contributed by atoms with Crippen molar-refractivity contribution in [1.29, 1.82) is 0 Å². The number of nitrogens with zero attached hydrogens (tertiary/aromatic N) is 1. The van der Waals surface area contributed by atoms with Crippen LogP contribution in [0.4, 0.5) is 5.69 Å². The average molecular weight is 450 g/mol. The minimum absolute atomic E-state index is 0.0607. The molecule has 8 nitrogen and oxygen atoms in total. The third-order valence-corrected chi connectivity index (χ3v) is 5.86. The molecule has 1 fully saturated rings. The first-order valence-corrected chi connectivity index (χ1v) is 10.5. The summed E-state index contributed by atoms with van der Waals surface area (Å²) in [6.07, 6.45) is 2.34. The van der Waals surface area contributed by atoms with Crippen LogP contribution in [0.25, 0.3) is 0 Å². The van der Waals surface area contributed by atoms with Gasteiger partial charge in [0.15, 0.2) is 0 Å². The number of hydrogen-bond acceptors (Lipinski definition) is 5. The molecule has 2 heterocycles. The van der Waals surface area contributed by atoms with Gasteiger partial charge in [-0.3, -0.25) is 14.4 Å². The molecule has 2 aromatic rings. The molecule has 0 aliphatic carbocycles. The molecular weight excluding hydrogens is 430 g/mol. The molecule has 0 saturated carbocycles. The number of amides is 3. The third-order valence-electron chi connectivity index (χ3n) is 4.63. The van der Waals surface area contributed by atoms with E-state index in [1.165, 1.54) is 6.07 Å². The van der Waals surface area contributed by atoms with Crippen LogP contribution in [0.5, 0.6) is 0 Å². The maximum absolute atomic E-state index is 12.4. The van der Waals surface area contributed by atoms with Gasteiger partial charge >= 0.3 is 5.97 Å². The lowest BCUT2D eigenvalue weighted by Gasteiger charge is -2.26. The largest absolute Gasteiger partial charge is 0.480 e. The molecule has 1 saturated heterocycles. The number of rotatable bonds is 7. The molecule has 1 aromatic heterocycles. The Balaban J connectivity index is 1.58. The van der Waals surface area contributed by atoms with Crippen LogP contribution < -0.4 is 15.5 Å². The zero-order valence-corrected chi connectivity index (χ0v) is 17.5. The Morgan fingerprint density at radius 1 is 1.10 bits per heavy atom. The Morgan fingerprint density at radius 2 is 1.83 bits per heavy atom. The van der Waals surface area contributed by atoms with E-state index in [1.807, 2.05) is 0 Å². The first-order valence-electron chi connectivity index (χ1n) is 9.33. The highest BCUT2D eigenvalue weighted by atomic mass is 35.5. The number of anilines is 1. The van der Waals surface area contributed by atoms with Crippen molar-refractivity contribution >= 4 is 52.3 Å². The van der Waals surface area contributed by atoms with Crippen molar-refractivity contribution in [3.63, 3.8) is 0 Å². The normalized spacial score (nSPS) is 14.8. The number of carbonyl (C=O) groups is 4. The van der Waals surface area contributed by atoms with Gasteiger partial charge in [-0.1, -0.05) is 11.6 Å². The molecule has 1 aliphatic heterocycles. The number of benzene rings is 1. The van der Waals surface area contributed by atoms with Crippen LogP contribution in [-0.2, 0) is 9.59 Å². The second-order valence-electron chi connectivity index (χ2n) is 6.73. The number of nitrogens with one attached hydrogen (secondary N) is 2. The van der Waals surface area contributed by atoms with Crippen LogP contribution >= 0.6 is 22.9 Å². The van der Waals surface area contributed by atoms with E-state index in [4.69, 9.17) is 11.6 Å². The van der Waals surface area contributed by atoms with Gasteiger partial charge in [0.2, 0.25) is 5.91 Å². The van der Waals surface area contributed by atoms with Gasteiger partial charge in [0.25, 0.3) is 11.8 Å². The van der Waals surface area contributed by atoms with Gasteiger partial charge in [-0.25, -0.2) is 4.79 Å². The minimum atomic E-state index is -1.30. The molecule has 1 atom stereocenters. The summed E-state index contributed by atoms with van der Waals surface area (Å²) in [6, 6.07) is 8.27. The lowest BCUT2D eigenvalue weighted by atomic mass is 10.1. The van der Waals surface area contributed by atoms with Crippen molar-refractivity contribution in [3.8, 4) is 0 Å². The summed E-state index contributed by atoms with van der Waals surface area (Å²) in [5, 5.41) is 14.2. The summed E-state index contributed by atoms with van der Waals surface area (Å²) in [4.78, 5) is 49.9. The fraction of sp³-hybridized carbons (Fsp3) is 0.300. The van der Waals surface area contributed by atoms with Gasteiger partial charge in [0, 0.05) is 30.8 Å². The molecule has 0 radical (unpaired) electrons. The monoisotopic (exact) mass is 449 g/mol. The molecular formula is C20H20ClN3O5S. The maximum Gasteiger partial charge on any atom is 0.328 e. The van der Waals surface area contributed by atoms with Crippen LogP contribution in [0.3, 0.4) is 0 Å². The second-order valence-corrected chi connectivity index (χ2v) is 8.44. The van der Waals surface area contributed by atoms with Crippen molar-refractivity contribution in [2.75, 3.05) is 18.0 Å². The molecule has 0 unspecified atom stereocenters. The number of carboxylic acids is 1. The van der Waals surface area contributed by atoms with E-state index in [0.29, 0.717) is 22.9 Å². The van der Waals surface area contributed by atoms with Crippen molar-refractivity contribution in [2.24, 2.45) is 0 Å². The van der Waals surface area contributed by atoms with Crippen molar-refractivity contribution in [2.45, 2.75) is 25.3 Å². The molecule has 158 valence electrons. The topological polar surface area (TPSA) is 116 Å². The van der Waals surface area contributed by atoms with E-state index in [0.717, 1.165) is 29.9 Å². The van der Waals surface area contributed by atoms with Crippen LogP contribution in [0.1, 0.15) is 39.3 Å². The van der Waals surface area contributed by atoms with Gasteiger partial charge < -0.3 is 20.6 Å². The number of thiophene rings is 1. The molecule has 0 bridgehead atoms. The fourth-order valence-electron chi connectivity index (χ4n) is 3.03. The molecule has 3 amide bonds. The SMILES string of the molecule is O=C(NC[C@H](NC(=O)c1ccc(Cl)s1)C(=O)O)c1ccc(N2CCCCC2=O)cc1. The zero-order valence-electron chi connectivity index (χ0n) is 15.9. The van der Waals surface area contributed by atoms with E-state index < -0.39 is 23.8 Å². The second kappa shape index (κ2) is 9.73. The highest BCUT2D eigenvalue weighted by molar-refractivity contribution is 7.18. The minimum Gasteiger partial charge on any atom is -0.480 e. The van der Waals surface area contributed by atoms with Crippen LogP contribution in [0, 0.1) is 0 Å². The number of halogens is 1. The number of carboxylic acid groups (broad SMARTS) is 1. The summed E-state index contributed by atoms with van der Waals surface area (Å²) < 4.78 is 0.412.